The number of benzene rings is 1. The molecule has 4 nitrogen and oxygen atoms in total. The number of fused-ring (bicyclic) bond motifs is 1. The van der Waals surface area contributed by atoms with E-state index in [2.05, 4.69) is 16.8 Å². The molecule has 0 bridgehead atoms. The van der Waals surface area contributed by atoms with E-state index in [1.54, 1.807) is 6.07 Å². The average molecular weight is 476 g/mol. The molecule has 0 saturated heterocycles. The summed E-state index contributed by atoms with van der Waals surface area (Å²) < 4.78 is 45.5. The second-order valence-corrected chi connectivity index (χ2v) is 9.09. The zero-order valence-electron chi connectivity index (χ0n) is 16.7. The van der Waals surface area contributed by atoms with Crippen LogP contribution < -0.4 is 4.74 Å². The Morgan fingerprint density at radius 2 is 2.16 bits per heavy atom. The lowest BCUT2D eigenvalue weighted by atomic mass is 10.1. The molecule has 0 spiro atoms. The maximum Gasteiger partial charge on any atom is 0.417 e. The molecule has 32 heavy (non-hydrogen) atoms. The lowest BCUT2D eigenvalue weighted by Gasteiger charge is -2.06. The number of aromatic nitrogens is 1. The first-order valence-electron chi connectivity index (χ1n) is 9.48. The molecule has 1 aromatic carbocycles. The zero-order chi connectivity index (χ0) is 22.9. The highest BCUT2D eigenvalue weighted by Gasteiger charge is 2.32. The SMILES string of the molecule is Cc1nc(C2C#CC=C(C(F)(F)F)C=C2)sc1COc1ccc2c(CC(=O)O)csc2c1. The Balaban J connectivity index is 1.46. The van der Waals surface area contributed by atoms with E-state index >= 15 is 0 Å². The molecule has 1 unspecified atom stereocenters. The van der Waals surface area contributed by atoms with E-state index in [1.807, 2.05) is 24.4 Å². The smallest absolute Gasteiger partial charge is 0.417 e. The molecule has 1 atom stereocenters. The number of hydrogen-bond donors (Lipinski definition) is 1. The number of aryl methyl sites for hydroxylation is 1. The summed E-state index contributed by atoms with van der Waals surface area (Å²) in [6.07, 6.45) is -1.14. The Labute approximate surface area is 189 Å². The zero-order valence-corrected chi connectivity index (χ0v) is 18.3. The van der Waals surface area contributed by atoms with Gasteiger partial charge in [-0.2, -0.15) is 13.2 Å². The molecule has 1 N–H and O–H groups in total. The molecule has 0 radical (unpaired) electrons. The van der Waals surface area contributed by atoms with Gasteiger partial charge in [-0.3, -0.25) is 4.79 Å². The fourth-order valence-electron chi connectivity index (χ4n) is 3.15. The van der Waals surface area contributed by atoms with Gasteiger partial charge in [0.1, 0.15) is 17.4 Å². The Bertz CT molecular complexity index is 1310. The van der Waals surface area contributed by atoms with Gasteiger partial charge in [0.15, 0.2) is 0 Å². The quantitative estimate of drug-likeness (QED) is 0.443. The number of rotatable bonds is 6. The summed E-state index contributed by atoms with van der Waals surface area (Å²) in [5.74, 6) is 4.53. The van der Waals surface area contributed by atoms with E-state index in [4.69, 9.17) is 9.84 Å². The van der Waals surface area contributed by atoms with Crippen molar-refractivity contribution >= 4 is 38.7 Å². The fraction of sp³-hybridized carbons (Fsp3) is 0.217. The van der Waals surface area contributed by atoms with Crippen molar-refractivity contribution in [3.8, 4) is 17.6 Å². The van der Waals surface area contributed by atoms with Crippen LogP contribution in [0.1, 0.15) is 27.1 Å². The first-order valence-corrected chi connectivity index (χ1v) is 11.2. The van der Waals surface area contributed by atoms with Crippen molar-refractivity contribution in [3.05, 3.63) is 68.5 Å². The molecule has 1 aliphatic rings. The van der Waals surface area contributed by atoms with Crippen molar-refractivity contribution in [1.82, 2.24) is 4.98 Å². The van der Waals surface area contributed by atoms with Crippen LogP contribution in [0.2, 0.25) is 0 Å². The molecule has 2 aromatic heterocycles. The van der Waals surface area contributed by atoms with Gasteiger partial charge in [0.2, 0.25) is 0 Å². The molecule has 1 aliphatic carbocycles. The number of thiazole rings is 1. The molecule has 0 aliphatic heterocycles. The fourth-order valence-corrected chi connectivity index (χ4v) is 5.15. The summed E-state index contributed by atoms with van der Waals surface area (Å²) in [4.78, 5) is 16.3. The number of carboxylic acid groups (broad SMARTS) is 1. The number of allylic oxidation sites excluding steroid dienone is 4. The largest absolute Gasteiger partial charge is 0.488 e. The number of alkyl halides is 3. The van der Waals surface area contributed by atoms with Gasteiger partial charge in [-0.15, -0.1) is 22.7 Å². The minimum Gasteiger partial charge on any atom is -0.488 e. The molecule has 2 heterocycles. The first-order chi connectivity index (χ1) is 15.2. The highest BCUT2D eigenvalue weighted by atomic mass is 32.1. The number of halogens is 3. The standard InChI is InChI=1S/C23H16F3NO3S2/c1-13-20(32-22(27-13)14-3-2-4-16(6-5-14)23(24,25)26)11-30-17-7-8-18-15(9-21(28)29)12-31-19(18)10-17/h4-8,10,12,14H,9,11H2,1H3,(H,28,29). The maximum atomic E-state index is 12.9. The summed E-state index contributed by atoms with van der Waals surface area (Å²) >= 11 is 2.82. The van der Waals surface area contributed by atoms with Crippen LogP contribution in [-0.2, 0) is 17.8 Å². The van der Waals surface area contributed by atoms with Crippen molar-refractivity contribution in [2.24, 2.45) is 0 Å². The lowest BCUT2D eigenvalue weighted by molar-refractivity contribution is -0.136. The van der Waals surface area contributed by atoms with Gasteiger partial charge in [0.05, 0.1) is 28.5 Å². The molecule has 9 heteroatoms. The third kappa shape index (κ3) is 4.87. The summed E-state index contributed by atoms with van der Waals surface area (Å²) in [7, 11) is 0. The third-order valence-corrected chi connectivity index (χ3v) is 6.98. The molecule has 0 amide bonds. The van der Waals surface area contributed by atoms with Crippen molar-refractivity contribution in [2.45, 2.75) is 32.0 Å². The van der Waals surface area contributed by atoms with Gasteiger partial charge in [-0.25, -0.2) is 4.98 Å². The number of hydrogen-bond acceptors (Lipinski definition) is 5. The number of carboxylic acids is 1. The van der Waals surface area contributed by atoms with Crippen molar-refractivity contribution < 1.29 is 27.8 Å². The summed E-state index contributed by atoms with van der Waals surface area (Å²) in [6, 6.07) is 5.51. The second-order valence-electron chi connectivity index (χ2n) is 7.06. The minimum absolute atomic E-state index is 0.0263. The van der Waals surface area contributed by atoms with Crippen LogP contribution in [-0.4, -0.2) is 22.2 Å². The molecular weight excluding hydrogens is 459 g/mol. The van der Waals surface area contributed by atoms with E-state index in [1.165, 1.54) is 28.7 Å². The lowest BCUT2D eigenvalue weighted by Crippen LogP contribution is -2.09. The Morgan fingerprint density at radius 3 is 2.91 bits per heavy atom. The van der Waals surface area contributed by atoms with Crippen LogP contribution in [0.3, 0.4) is 0 Å². The van der Waals surface area contributed by atoms with Gasteiger partial charge < -0.3 is 9.84 Å². The van der Waals surface area contributed by atoms with Crippen LogP contribution in [0.4, 0.5) is 13.2 Å². The maximum absolute atomic E-state index is 12.9. The summed E-state index contributed by atoms with van der Waals surface area (Å²) in [5, 5.41) is 12.4. The number of aliphatic carboxylic acids is 1. The van der Waals surface area contributed by atoms with E-state index < -0.39 is 23.6 Å². The van der Waals surface area contributed by atoms with Gasteiger partial charge in [-0.1, -0.05) is 24.0 Å². The average Bonchev–Trinajstić information content (AvgIpc) is 3.17. The first kappa shape index (κ1) is 22.1. The molecule has 0 saturated carbocycles. The summed E-state index contributed by atoms with van der Waals surface area (Å²) in [5.41, 5.74) is 0.738. The van der Waals surface area contributed by atoms with Crippen LogP contribution in [0.5, 0.6) is 5.75 Å². The predicted octanol–water partition coefficient (Wildman–Crippen LogP) is 6.02. The van der Waals surface area contributed by atoms with Gasteiger partial charge in [-0.05, 0) is 41.5 Å². The van der Waals surface area contributed by atoms with Gasteiger partial charge in [0.25, 0.3) is 0 Å². The Kier molecular flexibility index (Phi) is 6.09. The number of ether oxygens (including phenoxy) is 1. The summed E-state index contributed by atoms with van der Waals surface area (Å²) in [6.45, 7) is 2.09. The van der Waals surface area contributed by atoms with Crippen LogP contribution in [0, 0.1) is 18.8 Å². The molecule has 164 valence electrons. The molecule has 0 fully saturated rings. The van der Waals surface area contributed by atoms with Crippen molar-refractivity contribution in [1.29, 1.82) is 0 Å². The van der Waals surface area contributed by atoms with Crippen molar-refractivity contribution in [2.75, 3.05) is 0 Å². The highest BCUT2D eigenvalue weighted by Crippen LogP contribution is 2.33. The topological polar surface area (TPSA) is 59.4 Å². The van der Waals surface area contributed by atoms with Crippen LogP contribution >= 0.6 is 22.7 Å². The van der Waals surface area contributed by atoms with E-state index in [-0.39, 0.29) is 13.0 Å². The highest BCUT2D eigenvalue weighted by molar-refractivity contribution is 7.17. The third-order valence-electron chi connectivity index (χ3n) is 4.78. The molecular formula is C23H16F3NO3S2. The number of thiophene rings is 1. The minimum atomic E-state index is -4.43. The van der Waals surface area contributed by atoms with Gasteiger partial charge >= 0.3 is 12.1 Å². The van der Waals surface area contributed by atoms with Crippen molar-refractivity contribution in [3.63, 3.8) is 0 Å². The number of carbonyl (C=O) groups is 1. The Hall–Kier alpha value is -3.09. The van der Waals surface area contributed by atoms with E-state index in [9.17, 15) is 18.0 Å². The van der Waals surface area contributed by atoms with E-state index in [0.717, 1.165) is 38.4 Å². The second kappa shape index (κ2) is 8.81. The van der Waals surface area contributed by atoms with Gasteiger partial charge in [0, 0.05) is 10.8 Å². The van der Waals surface area contributed by atoms with E-state index in [0.29, 0.717) is 10.8 Å². The van der Waals surface area contributed by atoms with Crippen LogP contribution in [0.25, 0.3) is 10.1 Å². The van der Waals surface area contributed by atoms with Crippen LogP contribution in [0.15, 0.2) is 47.4 Å². The molecule has 3 aromatic rings. The molecule has 4 rings (SSSR count). The number of nitrogens with zero attached hydrogens (tertiary/aromatic N) is 1. The Morgan fingerprint density at radius 1 is 1.34 bits per heavy atom. The monoisotopic (exact) mass is 475 g/mol. The predicted molar refractivity (Wildman–Crippen MR) is 118 cm³/mol. The normalized spacial score (nSPS) is 15.8.